The first-order valence-electron chi connectivity index (χ1n) is 6.57. The van der Waals surface area contributed by atoms with Crippen LogP contribution < -0.4 is 5.32 Å². The normalized spacial score (nSPS) is 12.3. The molecule has 0 radical (unpaired) electrons. The highest BCUT2D eigenvalue weighted by molar-refractivity contribution is 5.34. The smallest absolute Gasteiger partial charge is 0.0101 e. The van der Waals surface area contributed by atoms with Crippen molar-refractivity contribution in [2.45, 2.75) is 19.3 Å². The number of benzene rings is 2. The van der Waals surface area contributed by atoms with Gasteiger partial charge in [-0.3, -0.25) is 0 Å². The summed E-state index contributed by atoms with van der Waals surface area (Å²) in [5.41, 5.74) is 4.15. The van der Waals surface area contributed by atoms with Crippen molar-refractivity contribution < 1.29 is 0 Å². The monoisotopic (exact) mass is 239 g/mol. The second-order valence-electron chi connectivity index (χ2n) is 4.77. The van der Waals surface area contributed by atoms with Gasteiger partial charge in [0.15, 0.2) is 0 Å². The summed E-state index contributed by atoms with van der Waals surface area (Å²) in [4.78, 5) is 0. The Hall–Kier alpha value is -1.60. The van der Waals surface area contributed by atoms with Gasteiger partial charge in [-0.05, 0) is 38.1 Å². The average molecular weight is 239 g/mol. The highest BCUT2D eigenvalue weighted by Gasteiger charge is 2.13. The molecule has 0 saturated heterocycles. The molecule has 0 aliphatic carbocycles. The molecule has 18 heavy (non-hydrogen) atoms. The first kappa shape index (κ1) is 12.8. The summed E-state index contributed by atoms with van der Waals surface area (Å²) < 4.78 is 0. The van der Waals surface area contributed by atoms with E-state index in [2.05, 4.69) is 66.8 Å². The summed E-state index contributed by atoms with van der Waals surface area (Å²) in [5.74, 6) is 0.485. The van der Waals surface area contributed by atoms with E-state index in [1.54, 1.807) is 0 Å². The van der Waals surface area contributed by atoms with Gasteiger partial charge >= 0.3 is 0 Å². The van der Waals surface area contributed by atoms with Gasteiger partial charge in [0, 0.05) is 5.92 Å². The van der Waals surface area contributed by atoms with Crippen molar-refractivity contribution >= 4 is 0 Å². The van der Waals surface area contributed by atoms with Gasteiger partial charge in [0.1, 0.15) is 0 Å². The van der Waals surface area contributed by atoms with E-state index < -0.39 is 0 Å². The van der Waals surface area contributed by atoms with E-state index in [9.17, 15) is 0 Å². The van der Waals surface area contributed by atoms with Gasteiger partial charge in [-0.1, -0.05) is 60.2 Å². The van der Waals surface area contributed by atoms with Crippen LogP contribution in [0, 0.1) is 6.92 Å². The summed E-state index contributed by atoms with van der Waals surface area (Å²) in [6, 6.07) is 19.6. The van der Waals surface area contributed by atoms with E-state index in [1.165, 1.54) is 16.7 Å². The maximum Gasteiger partial charge on any atom is 0.0101 e. The molecular weight excluding hydrogens is 218 g/mol. The van der Waals surface area contributed by atoms with Crippen molar-refractivity contribution in [1.29, 1.82) is 0 Å². The third-order valence-corrected chi connectivity index (χ3v) is 3.33. The van der Waals surface area contributed by atoms with Gasteiger partial charge in [0.05, 0.1) is 0 Å². The van der Waals surface area contributed by atoms with E-state index in [1.807, 2.05) is 7.05 Å². The molecular formula is C17H21N. The van der Waals surface area contributed by atoms with Crippen LogP contribution >= 0.6 is 0 Å². The molecule has 1 atom stereocenters. The lowest BCUT2D eigenvalue weighted by molar-refractivity contribution is 0.661. The van der Waals surface area contributed by atoms with E-state index >= 15 is 0 Å². The molecule has 0 saturated carbocycles. The molecule has 1 heteroatoms. The lowest BCUT2D eigenvalue weighted by Crippen LogP contribution is -2.13. The second-order valence-corrected chi connectivity index (χ2v) is 4.77. The van der Waals surface area contributed by atoms with Gasteiger partial charge in [-0.2, -0.15) is 0 Å². The summed E-state index contributed by atoms with van der Waals surface area (Å²) in [6.07, 6.45) is 1.13. The molecule has 0 aromatic heterocycles. The molecule has 94 valence electrons. The lowest BCUT2D eigenvalue weighted by atomic mass is 9.88. The first-order chi connectivity index (χ1) is 8.81. The minimum Gasteiger partial charge on any atom is -0.320 e. The summed E-state index contributed by atoms with van der Waals surface area (Å²) in [6.45, 7) is 3.19. The molecule has 0 aliphatic heterocycles. The SMILES string of the molecule is CNCCC(c1ccccc1)c1cccc(C)c1. The Morgan fingerprint density at radius 3 is 2.33 bits per heavy atom. The van der Waals surface area contributed by atoms with Crippen molar-refractivity contribution in [1.82, 2.24) is 5.32 Å². The molecule has 2 aromatic carbocycles. The predicted octanol–water partition coefficient (Wildman–Crippen LogP) is 3.74. The Kier molecular flexibility index (Phi) is 4.54. The molecule has 0 amide bonds. The van der Waals surface area contributed by atoms with Crippen LogP contribution in [-0.4, -0.2) is 13.6 Å². The largest absolute Gasteiger partial charge is 0.320 e. The van der Waals surface area contributed by atoms with E-state index in [4.69, 9.17) is 0 Å². The highest BCUT2D eigenvalue weighted by Crippen LogP contribution is 2.27. The Labute approximate surface area is 110 Å². The lowest BCUT2D eigenvalue weighted by Gasteiger charge is -2.18. The second kappa shape index (κ2) is 6.36. The Morgan fingerprint density at radius 2 is 1.67 bits per heavy atom. The van der Waals surface area contributed by atoms with E-state index in [0.29, 0.717) is 5.92 Å². The number of rotatable bonds is 5. The van der Waals surface area contributed by atoms with Gasteiger partial charge < -0.3 is 5.32 Å². The predicted molar refractivity (Wildman–Crippen MR) is 78.0 cm³/mol. The average Bonchev–Trinajstić information content (AvgIpc) is 2.40. The molecule has 2 aromatic rings. The fourth-order valence-corrected chi connectivity index (χ4v) is 2.39. The van der Waals surface area contributed by atoms with Gasteiger partial charge in [-0.25, -0.2) is 0 Å². The fourth-order valence-electron chi connectivity index (χ4n) is 2.39. The fraction of sp³-hybridized carbons (Fsp3) is 0.294. The van der Waals surface area contributed by atoms with Gasteiger partial charge in [0.2, 0.25) is 0 Å². The van der Waals surface area contributed by atoms with Crippen LogP contribution in [0.1, 0.15) is 29.0 Å². The number of nitrogens with one attached hydrogen (secondary N) is 1. The molecule has 0 fully saturated rings. The molecule has 0 aliphatic rings. The summed E-state index contributed by atoms with van der Waals surface area (Å²) >= 11 is 0. The van der Waals surface area contributed by atoms with Crippen molar-refractivity contribution in [3.63, 3.8) is 0 Å². The van der Waals surface area contributed by atoms with Crippen molar-refractivity contribution in [2.75, 3.05) is 13.6 Å². The van der Waals surface area contributed by atoms with E-state index in [-0.39, 0.29) is 0 Å². The van der Waals surface area contributed by atoms with Crippen LogP contribution in [0.25, 0.3) is 0 Å². The van der Waals surface area contributed by atoms with Crippen molar-refractivity contribution in [2.24, 2.45) is 0 Å². The topological polar surface area (TPSA) is 12.0 Å². The van der Waals surface area contributed by atoms with Crippen LogP contribution in [0.3, 0.4) is 0 Å². The first-order valence-corrected chi connectivity index (χ1v) is 6.57. The van der Waals surface area contributed by atoms with Crippen molar-refractivity contribution in [3.8, 4) is 0 Å². The maximum absolute atomic E-state index is 3.25. The zero-order chi connectivity index (χ0) is 12.8. The van der Waals surface area contributed by atoms with Crippen molar-refractivity contribution in [3.05, 3.63) is 71.3 Å². The molecule has 1 N–H and O–H groups in total. The van der Waals surface area contributed by atoms with Crippen LogP contribution in [0.4, 0.5) is 0 Å². The van der Waals surface area contributed by atoms with Gasteiger partial charge in [0.25, 0.3) is 0 Å². The summed E-state index contributed by atoms with van der Waals surface area (Å²) in [5, 5.41) is 3.25. The van der Waals surface area contributed by atoms with Crippen LogP contribution in [0.2, 0.25) is 0 Å². The number of hydrogen-bond acceptors (Lipinski definition) is 1. The molecule has 0 heterocycles. The zero-order valence-corrected chi connectivity index (χ0v) is 11.2. The van der Waals surface area contributed by atoms with Crippen LogP contribution in [-0.2, 0) is 0 Å². The van der Waals surface area contributed by atoms with E-state index in [0.717, 1.165) is 13.0 Å². The quantitative estimate of drug-likeness (QED) is 0.838. The Bertz CT molecular complexity index is 476. The Morgan fingerprint density at radius 1 is 0.944 bits per heavy atom. The molecule has 1 unspecified atom stereocenters. The molecule has 2 rings (SSSR count). The third kappa shape index (κ3) is 3.21. The standard InChI is InChI=1S/C17H21N/c1-14-7-6-10-16(13-14)17(11-12-18-2)15-8-4-3-5-9-15/h3-10,13,17-18H,11-12H2,1-2H3. The molecule has 0 bridgehead atoms. The summed E-state index contributed by atoms with van der Waals surface area (Å²) in [7, 11) is 2.01. The van der Waals surface area contributed by atoms with Crippen LogP contribution in [0.5, 0.6) is 0 Å². The zero-order valence-electron chi connectivity index (χ0n) is 11.2. The maximum atomic E-state index is 3.25. The molecule has 1 nitrogen and oxygen atoms in total. The minimum atomic E-state index is 0.485. The van der Waals surface area contributed by atoms with Gasteiger partial charge in [-0.15, -0.1) is 0 Å². The number of aryl methyl sites for hydroxylation is 1. The highest BCUT2D eigenvalue weighted by atomic mass is 14.8. The van der Waals surface area contributed by atoms with Crippen LogP contribution in [0.15, 0.2) is 54.6 Å². The third-order valence-electron chi connectivity index (χ3n) is 3.33. The molecule has 0 spiro atoms. The number of hydrogen-bond donors (Lipinski definition) is 1. The Balaban J connectivity index is 2.31. The minimum absolute atomic E-state index is 0.485.